The van der Waals surface area contributed by atoms with E-state index in [2.05, 4.69) is 0 Å². The van der Waals surface area contributed by atoms with Crippen molar-refractivity contribution in [2.24, 2.45) is 0 Å². The molecule has 0 aliphatic carbocycles. The van der Waals surface area contributed by atoms with Gasteiger partial charge in [-0.1, -0.05) is 30.3 Å². The van der Waals surface area contributed by atoms with E-state index in [0.717, 1.165) is 5.56 Å². The van der Waals surface area contributed by atoms with Crippen LogP contribution in [-0.4, -0.2) is 11.9 Å². The van der Waals surface area contributed by atoms with Crippen LogP contribution in [0.2, 0.25) is 0 Å². The Labute approximate surface area is 147 Å². The van der Waals surface area contributed by atoms with Gasteiger partial charge in [-0.05, 0) is 40.3 Å². The fourth-order valence-electron chi connectivity index (χ4n) is 1.84. The zero-order valence-electron chi connectivity index (χ0n) is 12.7. The third kappa shape index (κ3) is 4.95. The molecule has 0 aliphatic heterocycles. The number of halogens is 1. The normalized spacial score (nSPS) is 10.0. The second-order valence-corrected chi connectivity index (χ2v) is 5.75. The first-order valence-corrected chi connectivity index (χ1v) is 7.91. The van der Waals surface area contributed by atoms with Crippen molar-refractivity contribution in [3.8, 4) is 17.2 Å². The van der Waals surface area contributed by atoms with Gasteiger partial charge in [-0.2, -0.15) is 0 Å². The van der Waals surface area contributed by atoms with Crippen LogP contribution in [0.25, 0.3) is 0 Å². The minimum absolute atomic E-state index is 0.180. The predicted octanol–water partition coefficient (Wildman–Crippen LogP) is 3.72. The average Bonchev–Trinajstić information content (AvgIpc) is 2.50. The lowest BCUT2D eigenvalue weighted by Crippen LogP contribution is -2.09. The van der Waals surface area contributed by atoms with Crippen molar-refractivity contribution in [1.82, 2.24) is 0 Å². The molecule has 120 valence electrons. The molecule has 0 aromatic heterocycles. The maximum Gasteiger partial charge on any atom is 0.308 e. The number of esters is 2. The average molecular weight is 426 g/mol. The van der Waals surface area contributed by atoms with E-state index in [9.17, 15) is 9.59 Å². The number of rotatable bonds is 5. The Morgan fingerprint density at radius 3 is 2.13 bits per heavy atom. The fourth-order valence-corrected chi connectivity index (χ4v) is 2.55. The quantitative estimate of drug-likeness (QED) is 0.415. The van der Waals surface area contributed by atoms with Crippen molar-refractivity contribution < 1.29 is 23.8 Å². The molecule has 0 N–H and O–H groups in total. The van der Waals surface area contributed by atoms with Crippen molar-refractivity contribution in [3.05, 3.63) is 51.6 Å². The van der Waals surface area contributed by atoms with Gasteiger partial charge < -0.3 is 14.2 Å². The van der Waals surface area contributed by atoms with Gasteiger partial charge in [-0.15, -0.1) is 0 Å². The first-order chi connectivity index (χ1) is 11.0. The van der Waals surface area contributed by atoms with Crippen LogP contribution in [0.4, 0.5) is 0 Å². The molecule has 2 aromatic carbocycles. The van der Waals surface area contributed by atoms with Crippen LogP contribution in [0.3, 0.4) is 0 Å². The van der Waals surface area contributed by atoms with Crippen molar-refractivity contribution >= 4 is 34.5 Å². The van der Waals surface area contributed by atoms with E-state index >= 15 is 0 Å². The second-order valence-electron chi connectivity index (χ2n) is 4.67. The standard InChI is InChI=1S/C17H15IO5/c1-11(19)22-15-9-8-14(16(18)17(15)23-12(2)20)21-10-13-6-4-3-5-7-13/h3-9H,10H2,1-2H3. The molecule has 23 heavy (non-hydrogen) atoms. The molecule has 0 heterocycles. The van der Waals surface area contributed by atoms with Gasteiger partial charge in [0.15, 0.2) is 11.5 Å². The van der Waals surface area contributed by atoms with Gasteiger partial charge in [0.05, 0.1) is 0 Å². The molecule has 0 amide bonds. The Kier molecular flexibility index (Phi) is 5.97. The maximum absolute atomic E-state index is 11.3. The van der Waals surface area contributed by atoms with Crippen molar-refractivity contribution in [2.45, 2.75) is 20.5 Å². The van der Waals surface area contributed by atoms with Crippen LogP contribution in [0.5, 0.6) is 17.2 Å². The maximum atomic E-state index is 11.3. The lowest BCUT2D eigenvalue weighted by molar-refractivity contribution is -0.134. The predicted molar refractivity (Wildman–Crippen MR) is 92.6 cm³/mol. The summed E-state index contributed by atoms with van der Waals surface area (Å²) in [4.78, 5) is 22.4. The number of ether oxygens (including phenoxy) is 3. The highest BCUT2D eigenvalue weighted by molar-refractivity contribution is 14.1. The number of carbonyl (C=O) groups excluding carboxylic acids is 2. The summed E-state index contributed by atoms with van der Waals surface area (Å²) in [5.41, 5.74) is 1.02. The second kappa shape index (κ2) is 7.96. The van der Waals surface area contributed by atoms with Gasteiger partial charge in [0.2, 0.25) is 0 Å². The first kappa shape index (κ1) is 17.3. The van der Waals surface area contributed by atoms with E-state index in [-0.39, 0.29) is 11.5 Å². The van der Waals surface area contributed by atoms with Gasteiger partial charge in [-0.25, -0.2) is 0 Å². The van der Waals surface area contributed by atoms with E-state index in [1.54, 1.807) is 12.1 Å². The number of hydrogen-bond donors (Lipinski definition) is 0. The molecule has 0 aliphatic rings. The lowest BCUT2D eigenvalue weighted by Gasteiger charge is -2.14. The van der Waals surface area contributed by atoms with Gasteiger partial charge >= 0.3 is 11.9 Å². The number of benzene rings is 2. The third-order valence-electron chi connectivity index (χ3n) is 2.76. The Bertz CT molecular complexity index is 712. The van der Waals surface area contributed by atoms with Gasteiger partial charge in [0, 0.05) is 13.8 Å². The molecule has 0 fully saturated rings. The van der Waals surface area contributed by atoms with Crippen LogP contribution >= 0.6 is 22.6 Å². The van der Waals surface area contributed by atoms with Crippen LogP contribution in [0.1, 0.15) is 19.4 Å². The van der Waals surface area contributed by atoms with Crippen LogP contribution in [-0.2, 0) is 16.2 Å². The Morgan fingerprint density at radius 1 is 0.913 bits per heavy atom. The SMILES string of the molecule is CC(=O)Oc1ccc(OCc2ccccc2)c(I)c1OC(C)=O. The van der Waals surface area contributed by atoms with Crippen molar-refractivity contribution in [1.29, 1.82) is 0 Å². The molecule has 0 bridgehead atoms. The third-order valence-corrected chi connectivity index (χ3v) is 3.78. The Hall–Kier alpha value is -2.09. The molecule has 0 saturated heterocycles. The van der Waals surface area contributed by atoms with E-state index in [4.69, 9.17) is 14.2 Å². The molecule has 2 aromatic rings. The summed E-state index contributed by atoms with van der Waals surface area (Å²) in [5, 5.41) is 0. The number of hydrogen-bond acceptors (Lipinski definition) is 5. The summed E-state index contributed by atoms with van der Waals surface area (Å²) in [6, 6.07) is 12.9. The zero-order chi connectivity index (χ0) is 16.8. The van der Waals surface area contributed by atoms with Gasteiger partial charge in [0.1, 0.15) is 15.9 Å². The largest absolute Gasteiger partial charge is 0.488 e. The highest BCUT2D eigenvalue weighted by Crippen LogP contribution is 2.39. The summed E-state index contributed by atoms with van der Waals surface area (Å²) in [6.45, 7) is 2.94. The highest BCUT2D eigenvalue weighted by Gasteiger charge is 2.18. The molecule has 2 rings (SSSR count). The summed E-state index contributed by atoms with van der Waals surface area (Å²) < 4.78 is 16.6. The zero-order valence-corrected chi connectivity index (χ0v) is 14.8. The monoisotopic (exact) mass is 426 g/mol. The molecule has 0 radical (unpaired) electrons. The molecule has 0 atom stereocenters. The van der Waals surface area contributed by atoms with Crippen molar-refractivity contribution in [3.63, 3.8) is 0 Å². The van der Waals surface area contributed by atoms with Crippen LogP contribution < -0.4 is 14.2 Å². The number of carbonyl (C=O) groups is 2. The molecule has 6 heteroatoms. The van der Waals surface area contributed by atoms with Crippen molar-refractivity contribution in [2.75, 3.05) is 0 Å². The summed E-state index contributed by atoms with van der Waals surface area (Å²) in [6.07, 6.45) is 0. The Morgan fingerprint density at radius 2 is 1.52 bits per heavy atom. The lowest BCUT2D eigenvalue weighted by atomic mass is 10.2. The minimum atomic E-state index is -0.503. The molecule has 0 unspecified atom stereocenters. The first-order valence-electron chi connectivity index (χ1n) is 6.83. The Balaban J connectivity index is 2.26. The molecule has 5 nitrogen and oxygen atoms in total. The molecular weight excluding hydrogens is 411 g/mol. The molecular formula is C17H15IO5. The van der Waals surface area contributed by atoms with E-state index < -0.39 is 11.9 Å². The van der Waals surface area contributed by atoms with Crippen LogP contribution in [0.15, 0.2) is 42.5 Å². The summed E-state index contributed by atoms with van der Waals surface area (Å²) >= 11 is 2.00. The molecule has 0 spiro atoms. The van der Waals surface area contributed by atoms with Crippen LogP contribution in [0, 0.1) is 3.57 Å². The minimum Gasteiger partial charge on any atom is -0.488 e. The summed E-state index contributed by atoms with van der Waals surface area (Å²) in [5.74, 6) is -0.0895. The van der Waals surface area contributed by atoms with Gasteiger partial charge in [-0.3, -0.25) is 9.59 Å². The van der Waals surface area contributed by atoms with E-state index in [0.29, 0.717) is 15.9 Å². The van der Waals surface area contributed by atoms with E-state index in [1.807, 2.05) is 52.9 Å². The highest BCUT2D eigenvalue weighted by atomic mass is 127. The fraction of sp³-hybridized carbons (Fsp3) is 0.176. The summed E-state index contributed by atoms with van der Waals surface area (Å²) in [7, 11) is 0. The van der Waals surface area contributed by atoms with Gasteiger partial charge in [0.25, 0.3) is 0 Å². The smallest absolute Gasteiger partial charge is 0.308 e. The van der Waals surface area contributed by atoms with E-state index in [1.165, 1.54) is 13.8 Å². The topological polar surface area (TPSA) is 61.8 Å². The molecule has 0 saturated carbocycles.